The molecule has 0 rings (SSSR count). The lowest BCUT2D eigenvalue weighted by Gasteiger charge is -1.84. The van der Waals surface area contributed by atoms with E-state index in [1.807, 2.05) is 0 Å². The Labute approximate surface area is 46.0 Å². The van der Waals surface area contributed by atoms with Crippen LogP contribution in [0.1, 0.15) is 0 Å². The Hall–Kier alpha value is -0.200. The molecule has 0 heterocycles. The van der Waals surface area contributed by atoms with E-state index in [0.29, 0.717) is 0 Å². The van der Waals surface area contributed by atoms with E-state index >= 15 is 0 Å². The van der Waals surface area contributed by atoms with Crippen molar-refractivity contribution in [2.45, 2.75) is 0 Å². The summed E-state index contributed by atoms with van der Waals surface area (Å²) in [5.41, 5.74) is 0. The molecule has 0 fully saturated rings. The molecule has 0 saturated heterocycles. The Morgan fingerprint density at radius 3 is 1.86 bits per heavy atom. The topological polar surface area (TPSA) is 80.4 Å². The van der Waals surface area contributed by atoms with Crippen molar-refractivity contribution in [3.63, 3.8) is 0 Å². The zero-order valence-corrected chi connectivity index (χ0v) is 4.79. The molecule has 0 unspecified atom stereocenters. The summed E-state index contributed by atoms with van der Waals surface area (Å²) in [6.45, 7) is 0. The highest BCUT2D eigenvalue weighted by atomic mass is 32.2. The molecule has 6 heteroatoms. The molecule has 7 heavy (non-hydrogen) atoms. The minimum absolute atomic E-state index is 1.17. The van der Waals surface area contributed by atoms with Crippen molar-refractivity contribution in [3.8, 4) is 0 Å². The van der Waals surface area contributed by atoms with Gasteiger partial charge in [-0.1, -0.05) is 0 Å². The van der Waals surface area contributed by atoms with Crippen molar-refractivity contribution in [2.75, 3.05) is 0 Å². The Morgan fingerprint density at radius 2 is 1.86 bits per heavy atom. The average Bonchev–Trinajstić information content (AvgIpc) is 1.31. The van der Waals surface area contributed by atoms with Crippen LogP contribution in [0.15, 0.2) is 0 Å². The molecular weight excluding hydrogens is 138 g/mol. The van der Waals surface area contributed by atoms with Crippen molar-refractivity contribution in [1.82, 2.24) is 0 Å². The van der Waals surface area contributed by atoms with Gasteiger partial charge in [0.25, 0.3) is 14.4 Å². The Balaban J connectivity index is 4.43. The number of nitrogens with two attached hydrogens (primary N) is 1. The lowest BCUT2D eigenvalue weighted by atomic mass is 11.7. The van der Waals surface area contributed by atoms with Crippen molar-refractivity contribution in [3.05, 3.63) is 0 Å². The molecule has 0 amide bonds. The van der Waals surface area contributed by atoms with E-state index in [-0.39, 0.29) is 0 Å². The summed E-state index contributed by atoms with van der Waals surface area (Å²) < 4.78 is 18.3. The Morgan fingerprint density at radius 1 is 1.71 bits per heavy atom. The van der Waals surface area contributed by atoms with E-state index in [9.17, 15) is 8.42 Å². The molecule has 0 radical (unpaired) electrons. The van der Waals surface area contributed by atoms with Gasteiger partial charge in [0.15, 0.2) is 0 Å². The van der Waals surface area contributed by atoms with Crippen LogP contribution in [0.25, 0.3) is 0 Å². The number of primary sulfonamides is 1. The SMILES string of the molecule is NS(=O)(=O)C(O)=S. The lowest BCUT2D eigenvalue weighted by Crippen LogP contribution is -2.20. The van der Waals surface area contributed by atoms with Gasteiger partial charge < -0.3 is 5.11 Å². The zero-order valence-electron chi connectivity index (χ0n) is 3.16. The monoisotopic (exact) mass is 141 g/mol. The van der Waals surface area contributed by atoms with E-state index < -0.39 is 14.4 Å². The first-order valence-corrected chi connectivity index (χ1v) is 3.16. The van der Waals surface area contributed by atoms with Crippen LogP contribution in [-0.4, -0.2) is 17.9 Å². The fourth-order valence-electron chi connectivity index (χ4n) is 0. The highest BCUT2D eigenvalue weighted by Crippen LogP contribution is 1.76. The first kappa shape index (κ1) is 6.80. The summed E-state index contributed by atoms with van der Waals surface area (Å²) in [7, 11) is -3.95. The maximum atomic E-state index is 9.72. The van der Waals surface area contributed by atoms with Crippen molar-refractivity contribution in [1.29, 1.82) is 0 Å². The summed E-state index contributed by atoms with van der Waals surface area (Å²) in [6.07, 6.45) is 0. The first-order valence-electron chi connectivity index (χ1n) is 1.20. The van der Waals surface area contributed by atoms with Gasteiger partial charge in [0, 0.05) is 0 Å². The summed E-state index contributed by atoms with van der Waals surface area (Å²) in [4.78, 5) is 0. The standard InChI is InChI=1S/CH3NO3S2/c2-7(4,5)1(3)6/h(H,3,6)(H2,2,4,5). The predicted octanol–water partition coefficient (Wildman–Crippen LogP) is -0.882. The minimum Gasteiger partial charge on any atom is -0.490 e. The second-order valence-electron chi connectivity index (χ2n) is 0.811. The van der Waals surface area contributed by atoms with E-state index in [1.54, 1.807) is 0 Å². The molecule has 3 N–H and O–H groups in total. The normalized spacial score (nSPS) is 11.0. The maximum absolute atomic E-state index is 9.72. The molecule has 0 aromatic rings. The van der Waals surface area contributed by atoms with E-state index in [1.165, 1.54) is 0 Å². The molecule has 0 saturated carbocycles. The number of hydrogen-bond donors (Lipinski definition) is 2. The number of aliphatic hydroxyl groups is 1. The molecule has 0 aliphatic carbocycles. The van der Waals surface area contributed by atoms with Gasteiger partial charge in [-0.15, -0.1) is 0 Å². The second kappa shape index (κ2) is 1.73. The quantitative estimate of drug-likeness (QED) is 0.429. The van der Waals surface area contributed by atoms with E-state index in [4.69, 9.17) is 5.11 Å². The largest absolute Gasteiger partial charge is 0.490 e. The summed E-state index contributed by atoms with van der Waals surface area (Å²) in [6, 6.07) is 0. The van der Waals surface area contributed by atoms with Crippen LogP contribution in [0.3, 0.4) is 0 Å². The van der Waals surface area contributed by atoms with Crippen LogP contribution in [0, 0.1) is 0 Å². The van der Waals surface area contributed by atoms with Gasteiger partial charge in [-0.2, -0.15) is 0 Å². The van der Waals surface area contributed by atoms with Crippen molar-refractivity contribution >= 4 is 26.6 Å². The van der Waals surface area contributed by atoms with E-state index in [2.05, 4.69) is 17.4 Å². The fourth-order valence-corrected chi connectivity index (χ4v) is 0. The molecule has 0 aromatic carbocycles. The number of aliphatic hydroxyl groups excluding tert-OH is 1. The molecule has 0 aromatic heterocycles. The maximum Gasteiger partial charge on any atom is 0.292 e. The van der Waals surface area contributed by atoms with Gasteiger partial charge in [-0.25, -0.2) is 13.6 Å². The number of thiocarbonyl (C=S) groups is 1. The van der Waals surface area contributed by atoms with Crippen LogP contribution in [0.2, 0.25) is 0 Å². The van der Waals surface area contributed by atoms with Crippen LogP contribution in [0.5, 0.6) is 0 Å². The number of rotatable bonds is 0. The third kappa shape index (κ3) is 2.49. The van der Waals surface area contributed by atoms with Crippen LogP contribution in [-0.2, 0) is 10.0 Å². The molecule has 42 valence electrons. The Bertz CT molecular complexity index is 167. The van der Waals surface area contributed by atoms with Crippen molar-refractivity contribution in [2.24, 2.45) is 5.14 Å². The first-order chi connectivity index (χ1) is 2.94. The van der Waals surface area contributed by atoms with Crippen molar-refractivity contribution < 1.29 is 13.5 Å². The molecule has 0 bridgehead atoms. The summed E-state index contributed by atoms with van der Waals surface area (Å²) in [5, 5.41) is 12.2. The van der Waals surface area contributed by atoms with Gasteiger partial charge in [0.1, 0.15) is 0 Å². The van der Waals surface area contributed by atoms with Gasteiger partial charge >= 0.3 is 0 Å². The molecule has 0 aliphatic rings. The molecular formula is CH3NO3S2. The molecule has 0 atom stereocenters. The average molecular weight is 141 g/mol. The smallest absolute Gasteiger partial charge is 0.292 e. The van der Waals surface area contributed by atoms with Crippen LogP contribution < -0.4 is 5.14 Å². The van der Waals surface area contributed by atoms with Crippen LogP contribution in [0.4, 0.5) is 0 Å². The second-order valence-corrected chi connectivity index (χ2v) is 2.93. The van der Waals surface area contributed by atoms with Gasteiger partial charge in [0.2, 0.25) is 0 Å². The zero-order chi connectivity index (χ0) is 6.08. The third-order valence-electron chi connectivity index (χ3n) is 0.243. The fraction of sp³-hybridized carbons (Fsp3) is 0. The third-order valence-corrected chi connectivity index (χ3v) is 1.43. The predicted molar refractivity (Wildman–Crippen MR) is 28.3 cm³/mol. The number of hydrogen-bond acceptors (Lipinski definition) is 3. The molecule has 4 nitrogen and oxygen atoms in total. The minimum atomic E-state index is -3.95. The lowest BCUT2D eigenvalue weighted by molar-refractivity contribution is 0.558. The van der Waals surface area contributed by atoms with Gasteiger partial charge in [-0.3, -0.25) is 0 Å². The summed E-state index contributed by atoms with van der Waals surface area (Å²) in [5.74, 6) is 0. The highest BCUT2D eigenvalue weighted by Gasteiger charge is 2.05. The molecule has 0 aliphatic heterocycles. The molecule has 0 spiro atoms. The van der Waals surface area contributed by atoms with Gasteiger partial charge in [0.05, 0.1) is 0 Å². The highest BCUT2D eigenvalue weighted by molar-refractivity contribution is 8.15. The van der Waals surface area contributed by atoms with Gasteiger partial charge in [-0.05, 0) is 12.2 Å². The van der Waals surface area contributed by atoms with E-state index in [0.717, 1.165) is 0 Å². The van der Waals surface area contributed by atoms with Crippen LogP contribution >= 0.6 is 12.2 Å². The Kier molecular flexibility index (Phi) is 1.68. The summed E-state index contributed by atoms with van der Waals surface area (Å²) >= 11 is 3.78. The number of sulfonamides is 1.